The summed E-state index contributed by atoms with van der Waals surface area (Å²) in [5.74, 6) is 2.17. The first-order valence-corrected chi connectivity index (χ1v) is 11.5. The Morgan fingerprint density at radius 3 is 2.91 bits per heavy atom. The number of aromatic nitrogens is 3. The molecule has 1 N–H and O–H groups in total. The molecule has 1 aliphatic rings. The van der Waals surface area contributed by atoms with Crippen LogP contribution in [-0.2, 0) is 4.79 Å². The van der Waals surface area contributed by atoms with E-state index in [-0.39, 0.29) is 11.8 Å². The number of hydrogen-bond acceptors (Lipinski definition) is 6. The number of nitrogens with zero attached hydrogens (tertiary/aromatic N) is 3. The minimum absolute atomic E-state index is 0.0358. The van der Waals surface area contributed by atoms with Crippen molar-refractivity contribution in [2.24, 2.45) is 0 Å². The summed E-state index contributed by atoms with van der Waals surface area (Å²) < 4.78 is 13.9. The third-order valence-electron chi connectivity index (χ3n) is 5.60. The van der Waals surface area contributed by atoms with E-state index in [1.54, 1.807) is 11.8 Å². The van der Waals surface area contributed by atoms with Gasteiger partial charge in [0.05, 0.1) is 29.6 Å². The number of methoxy groups -OCH3 is 1. The highest BCUT2D eigenvalue weighted by Crippen LogP contribution is 2.41. The molecule has 4 aromatic rings. The molecular weight excluding hydrogens is 424 g/mol. The van der Waals surface area contributed by atoms with Gasteiger partial charge in [-0.1, -0.05) is 30.4 Å². The van der Waals surface area contributed by atoms with Crippen molar-refractivity contribution in [2.75, 3.05) is 19.0 Å². The molecule has 164 valence electrons. The van der Waals surface area contributed by atoms with Crippen LogP contribution in [0.1, 0.15) is 42.5 Å². The SMILES string of the molecule is CCCOc1cccc([C@H]2CC(=O)Nc3c2c(C)nn3-c2nc3ccc(OC)cc3s2)c1. The fraction of sp³-hybridized carbons (Fsp3) is 0.292. The van der Waals surface area contributed by atoms with E-state index in [0.717, 1.165) is 45.0 Å². The Morgan fingerprint density at radius 2 is 2.09 bits per heavy atom. The number of anilines is 1. The van der Waals surface area contributed by atoms with Gasteiger partial charge in [0.2, 0.25) is 11.0 Å². The molecule has 5 rings (SSSR count). The summed E-state index contributed by atoms with van der Waals surface area (Å²) in [6.45, 7) is 4.73. The lowest BCUT2D eigenvalue weighted by Crippen LogP contribution is -2.25. The number of rotatable bonds is 6. The molecule has 0 radical (unpaired) electrons. The number of fused-ring (bicyclic) bond motifs is 2. The number of carbonyl (C=O) groups is 1. The van der Waals surface area contributed by atoms with Crippen molar-refractivity contribution in [3.05, 3.63) is 59.3 Å². The quantitative estimate of drug-likeness (QED) is 0.446. The second-order valence-electron chi connectivity index (χ2n) is 7.82. The van der Waals surface area contributed by atoms with E-state index in [0.29, 0.717) is 24.0 Å². The van der Waals surface area contributed by atoms with E-state index in [9.17, 15) is 4.79 Å². The van der Waals surface area contributed by atoms with Crippen LogP contribution in [0.2, 0.25) is 0 Å². The van der Waals surface area contributed by atoms with Crippen LogP contribution in [0, 0.1) is 6.92 Å². The van der Waals surface area contributed by atoms with Gasteiger partial charge in [-0.15, -0.1) is 0 Å². The molecule has 7 nitrogen and oxygen atoms in total. The van der Waals surface area contributed by atoms with Gasteiger partial charge in [-0.2, -0.15) is 9.78 Å². The lowest BCUT2D eigenvalue weighted by molar-refractivity contribution is -0.116. The lowest BCUT2D eigenvalue weighted by atomic mass is 9.86. The topological polar surface area (TPSA) is 78.3 Å². The Hall–Kier alpha value is -3.39. The van der Waals surface area contributed by atoms with Gasteiger partial charge in [-0.25, -0.2) is 4.98 Å². The Kier molecular flexibility index (Phi) is 5.30. The molecule has 0 unspecified atom stereocenters. The van der Waals surface area contributed by atoms with E-state index in [4.69, 9.17) is 19.6 Å². The van der Waals surface area contributed by atoms with Crippen LogP contribution in [0.5, 0.6) is 11.5 Å². The summed E-state index contributed by atoms with van der Waals surface area (Å²) >= 11 is 1.51. The molecule has 0 saturated heterocycles. The summed E-state index contributed by atoms with van der Waals surface area (Å²) in [5.41, 5.74) is 3.81. The Labute approximate surface area is 190 Å². The van der Waals surface area contributed by atoms with Crippen molar-refractivity contribution in [2.45, 2.75) is 32.6 Å². The molecule has 1 aliphatic heterocycles. The molecule has 32 heavy (non-hydrogen) atoms. The predicted molar refractivity (Wildman–Crippen MR) is 125 cm³/mol. The number of carbonyl (C=O) groups excluding carboxylic acids is 1. The third kappa shape index (κ3) is 3.60. The summed E-state index contributed by atoms with van der Waals surface area (Å²) in [7, 11) is 1.65. The van der Waals surface area contributed by atoms with Crippen molar-refractivity contribution in [1.29, 1.82) is 0 Å². The minimum atomic E-state index is -0.0906. The van der Waals surface area contributed by atoms with Crippen LogP contribution in [0.25, 0.3) is 15.3 Å². The Balaban J connectivity index is 1.58. The number of benzene rings is 2. The van der Waals surface area contributed by atoms with Gasteiger partial charge < -0.3 is 14.8 Å². The Morgan fingerprint density at radius 1 is 1.22 bits per heavy atom. The number of hydrogen-bond donors (Lipinski definition) is 1. The Bertz CT molecular complexity index is 1310. The fourth-order valence-electron chi connectivity index (χ4n) is 4.12. The number of ether oxygens (including phenoxy) is 2. The van der Waals surface area contributed by atoms with E-state index in [2.05, 4.69) is 12.2 Å². The third-order valence-corrected chi connectivity index (χ3v) is 6.60. The second-order valence-corrected chi connectivity index (χ2v) is 8.82. The molecule has 8 heteroatoms. The van der Waals surface area contributed by atoms with Crippen LogP contribution in [-0.4, -0.2) is 34.4 Å². The molecule has 0 bridgehead atoms. The number of aryl methyl sites for hydroxylation is 1. The summed E-state index contributed by atoms with van der Waals surface area (Å²) in [6.07, 6.45) is 1.31. The van der Waals surface area contributed by atoms with Crippen LogP contribution in [0.15, 0.2) is 42.5 Å². The highest BCUT2D eigenvalue weighted by atomic mass is 32.1. The zero-order valence-electron chi connectivity index (χ0n) is 18.2. The standard InChI is InChI=1S/C24H24N4O3S/c1-4-10-31-17-7-5-6-15(11-17)18-13-21(29)26-23-22(18)14(2)27-28(23)24-25-19-9-8-16(30-3)12-20(19)32-24/h5-9,11-12,18H,4,10,13H2,1-3H3,(H,26,29)/t18-/m1/s1. The van der Waals surface area contributed by atoms with Gasteiger partial charge in [0.15, 0.2) is 0 Å². The molecule has 0 spiro atoms. The molecule has 2 aromatic heterocycles. The summed E-state index contributed by atoms with van der Waals surface area (Å²) in [4.78, 5) is 17.4. The van der Waals surface area contributed by atoms with Gasteiger partial charge in [-0.3, -0.25) is 4.79 Å². The van der Waals surface area contributed by atoms with Crippen molar-refractivity contribution in [1.82, 2.24) is 14.8 Å². The molecular formula is C24H24N4O3S. The monoisotopic (exact) mass is 448 g/mol. The summed E-state index contributed by atoms with van der Waals surface area (Å²) in [5, 5.41) is 8.51. The molecule has 0 saturated carbocycles. The smallest absolute Gasteiger partial charge is 0.226 e. The van der Waals surface area contributed by atoms with Crippen LogP contribution < -0.4 is 14.8 Å². The number of nitrogens with one attached hydrogen (secondary N) is 1. The van der Waals surface area contributed by atoms with Crippen molar-refractivity contribution >= 4 is 33.3 Å². The molecule has 0 aliphatic carbocycles. The van der Waals surface area contributed by atoms with E-state index in [1.807, 2.05) is 49.4 Å². The van der Waals surface area contributed by atoms with E-state index < -0.39 is 0 Å². The maximum atomic E-state index is 12.7. The first-order chi connectivity index (χ1) is 15.6. The van der Waals surface area contributed by atoms with Crippen LogP contribution >= 0.6 is 11.3 Å². The lowest BCUT2D eigenvalue weighted by Gasteiger charge is -2.24. The first-order valence-electron chi connectivity index (χ1n) is 10.6. The normalized spacial score (nSPS) is 15.5. The highest BCUT2D eigenvalue weighted by molar-refractivity contribution is 7.20. The second kappa shape index (κ2) is 8.27. The first kappa shape index (κ1) is 20.5. The van der Waals surface area contributed by atoms with Crippen LogP contribution in [0.4, 0.5) is 5.82 Å². The number of amides is 1. The van der Waals surface area contributed by atoms with Gasteiger partial charge in [-0.05, 0) is 49.2 Å². The predicted octanol–water partition coefficient (Wildman–Crippen LogP) is 5.06. The largest absolute Gasteiger partial charge is 0.497 e. The van der Waals surface area contributed by atoms with Crippen molar-refractivity contribution in [3.8, 4) is 16.6 Å². The average molecular weight is 449 g/mol. The van der Waals surface area contributed by atoms with Gasteiger partial charge in [0.1, 0.15) is 17.3 Å². The number of thiazole rings is 1. The average Bonchev–Trinajstić information content (AvgIpc) is 3.37. The van der Waals surface area contributed by atoms with Crippen LogP contribution in [0.3, 0.4) is 0 Å². The van der Waals surface area contributed by atoms with Crippen molar-refractivity contribution < 1.29 is 14.3 Å². The zero-order valence-corrected chi connectivity index (χ0v) is 19.0. The molecule has 1 atom stereocenters. The van der Waals surface area contributed by atoms with Gasteiger partial charge >= 0.3 is 0 Å². The highest BCUT2D eigenvalue weighted by Gasteiger charge is 2.33. The molecule has 1 amide bonds. The molecule has 0 fully saturated rings. The summed E-state index contributed by atoms with van der Waals surface area (Å²) in [6, 6.07) is 13.8. The zero-order chi connectivity index (χ0) is 22.2. The van der Waals surface area contributed by atoms with E-state index in [1.165, 1.54) is 11.3 Å². The maximum Gasteiger partial charge on any atom is 0.226 e. The minimum Gasteiger partial charge on any atom is -0.497 e. The fourth-order valence-corrected chi connectivity index (χ4v) is 5.07. The van der Waals surface area contributed by atoms with Gasteiger partial charge in [0, 0.05) is 17.9 Å². The van der Waals surface area contributed by atoms with E-state index >= 15 is 0 Å². The molecule has 2 aromatic carbocycles. The molecule has 3 heterocycles. The maximum absolute atomic E-state index is 12.7. The van der Waals surface area contributed by atoms with Crippen molar-refractivity contribution in [3.63, 3.8) is 0 Å². The van der Waals surface area contributed by atoms with Gasteiger partial charge in [0.25, 0.3) is 0 Å².